The fraction of sp³-hybridized carbons (Fsp3) is 0.158. The molecule has 9 heteroatoms. The summed E-state index contributed by atoms with van der Waals surface area (Å²) in [6.45, 7) is 2.02. The van der Waals surface area contributed by atoms with Gasteiger partial charge in [-0.15, -0.1) is 10.2 Å². The van der Waals surface area contributed by atoms with Gasteiger partial charge < -0.3 is 14.5 Å². The van der Waals surface area contributed by atoms with Gasteiger partial charge >= 0.3 is 5.97 Å². The fourth-order valence-electron chi connectivity index (χ4n) is 2.27. The SMILES string of the molecule is CCOC(=O)c1cccc(NC(=O)CSc2nnc(-c3ccccc3Cl)o2)c1. The van der Waals surface area contributed by atoms with Crippen molar-refractivity contribution in [1.29, 1.82) is 0 Å². The van der Waals surface area contributed by atoms with Gasteiger partial charge in [0.2, 0.25) is 11.8 Å². The molecule has 0 atom stereocenters. The molecule has 0 saturated carbocycles. The van der Waals surface area contributed by atoms with Crippen molar-refractivity contribution in [2.24, 2.45) is 0 Å². The van der Waals surface area contributed by atoms with Gasteiger partial charge in [-0.1, -0.05) is 41.6 Å². The second-order valence-corrected chi connectivity index (χ2v) is 6.82. The van der Waals surface area contributed by atoms with Crippen molar-refractivity contribution >= 4 is 40.9 Å². The Balaban J connectivity index is 1.57. The molecule has 0 aliphatic carbocycles. The summed E-state index contributed by atoms with van der Waals surface area (Å²) in [5.41, 5.74) is 1.50. The van der Waals surface area contributed by atoms with Crippen LogP contribution in [0.3, 0.4) is 0 Å². The molecule has 1 amide bonds. The minimum atomic E-state index is -0.439. The van der Waals surface area contributed by atoms with E-state index in [4.69, 9.17) is 20.8 Å². The Hall–Kier alpha value is -2.84. The first-order valence-electron chi connectivity index (χ1n) is 8.35. The number of nitrogens with one attached hydrogen (secondary N) is 1. The highest BCUT2D eigenvalue weighted by Crippen LogP contribution is 2.28. The zero-order valence-corrected chi connectivity index (χ0v) is 16.4. The Morgan fingerprint density at radius 2 is 2.00 bits per heavy atom. The largest absolute Gasteiger partial charge is 0.462 e. The molecule has 0 unspecified atom stereocenters. The minimum Gasteiger partial charge on any atom is -0.462 e. The van der Waals surface area contributed by atoms with Gasteiger partial charge in [0.25, 0.3) is 5.22 Å². The third kappa shape index (κ3) is 5.11. The molecule has 7 nitrogen and oxygen atoms in total. The molecule has 28 heavy (non-hydrogen) atoms. The predicted octanol–water partition coefficient (Wildman–Crippen LogP) is 4.30. The van der Waals surface area contributed by atoms with Crippen molar-refractivity contribution in [3.63, 3.8) is 0 Å². The molecule has 0 bridgehead atoms. The molecule has 0 spiro atoms. The third-order valence-electron chi connectivity index (χ3n) is 3.49. The Morgan fingerprint density at radius 1 is 1.18 bits per heavy atom. The highest BCUT2D eigenvalue weighted by atomic mass is 35.5. The highest BCUT2D eigenvalue weighted by molar-refractivity contribution is 7.99. The number of carbonyl (C=O) groups is 2. The Kier molecular flexibility index (Phi) is 6.67. The van der Waals surface area contributed by atoms with Crippen LogP contribution in [0, 0.1) is 0 Å². The molecule has 3 rings (SSSR count). The van der Waals surface area contributed by atoms with Crippen molar-refractivity contribution in [1.82, 2.24) is 10.2 Å². The molecule has 1 aromatic heterocycles. The van der Waals surface area contributed by atoms with Crippen molar-refractivity contribution in [3.8, 4) is 11.5 Å². The van der Waals surface area contributed by atoms with Crippen molar-refractivity contribution in [2.75, 3.05) is 17.7 Å². The number of hydrogen-bond acceptors (Lipinski definition) is 7. The van der Waals surface area contributed by atoms with Crippen LogP contribution in [0.25, 0.3) is 11.5 Å². The number of anilines is 1. The molecule has 0 fully saturated rings. The third-order valence-corrected chi connectivity index (χ3v) is 4.64. The number of benzene rings is 2. The lowest BCUT2D eigenvalue weighted by atomic mass is 10.2. The lowest BCUT2D eigenvalue weighted by Crippen LogP contribution is -2.14. The van der Waals surface area contributed by atoms with Crippen molar-refractivity contribution in [3.05, 3.63) is 59.1 Å². The van der Waals surface area contributed by atoms with E-state index in [9.17, 15) is 9.59 Å². The van der Waals surface area contributed by atoms with E-state index in [1.807, 2.05) is 6.07 Å². The Labute approximate surface area is 170 Å². The van der Waals surface area contributed by atoms with Gasteiger partial charge in [0.15, 0.2) is 0 Å². The Bertz CT molecular complexity index is 993. The number of ether oxygens (including phenoxy) is 1. The topological polar surface area (TPSA) is 94.3 Å². The molecule has 2 aromatic carbocycles. The quantitative estimate of drug-likeness (QED) is 0.452. The van der Waals surface area contributed by atoms with Crippen LogP contribution in [0.5, 0.6) is 0 Å². The van der Waals surface area contributed by atoms with E-state index >= 15 is 0 Å². The van der Waals surface area contributed by atoms with Gasteiger partial charge in [-0.25, -0.2) is 4.79 Å². The van der Waals surface area contributed by atoms with Crippen molar-refractivity contribution < 1.29 is 18.7 Å². The zero-order chi connectivity index (χ0) is 19.9. The van der Waals surface area contributed by atoms with E-state index < -0.39 is 5.97 Å². The van der Waals surface area contributed by atoms with E-state index in [0.29, 0.717) is 21.8 Å². The normalized spacial score (nSPS) is 10.5. The first kappa shape index (κ1) is 19.9. The summed E-state index contributed by atoms with van der Waals surface area (Å²) < 4.78 is 10.5. The van der Waals surface area contributed by atoms with Gasteiger partial charge in [0, 0.05) is 5.69 Å². The van der Waals surface area contributed by atoms with E-state index in [0.717, 1.165) is 11.8 Å². The van der Waals surface area contributed by atoms with Crippen LogP contribution < -0.4 is 5.32 Å². The summed E-state index contributed by atoms with van der Waals surface area (Å²) in [6.07, 6.45) is 0. The summed E-state index contributed by atoms with van der Waals surface area (Å²) in [6, 6.07) is 13.7. The summed E-state index contributed by atoms with van der Waals surface area (Å²) in [4.78, 5) is 23.9. The fourth-order valence-corrected chi connectivity index (χ4v) is 3.05. The second-order valence-electron chi connectivity index (χ2n) is 5.49. The van der Waals surface area contributed by atoms with Crippen molar-refractivity contribution in [2.45, 2.75) is 12.1 Å². The molecular weight excluding hydrogens is 402 g/mol. The summed E-state index contributed by atoms with van der Waals surface area (Å²) in [5, 5.41) is 11.3. The number of hydrogen-bond donors (Lipinski definition) is 1. The first-order chi connectivity index (χ1) is 13.6. The van der Waals surface area contributed by atoms with Crippen LogP contribution in [-0.4, -0.2) is 34.4 Å². The highest BCUT2D eigenvalue weighted by Gasteiger charge is 2.14. The number of rotatable bonds is 7. The molecular formula is C19H16ClN3O4S. The number of carbonyl (C=O) groups excluding carboxylic acids is 2. The summed E-state index contributed by atoms with van der Waals surface area (Å²) >= 11 is 7.21. The van der Waals surface area contributed by atoms with E-state index in [1.54, 1.807) is 49.4 Å². The molecule has 0 radical (unpaired) electrons. The number of esters is 1. The van der Waals surface area contributed by atoms with E-state index in [2.05, 4.69) is 15.5 Å². The maximum absolute atomic E-state index is 12.2. The van der Waals surface area contributed by atoms with Gasteiger partial charge in [0.1, 0.15) is 0 Å². The van der Waals surface area contributed by atoms with E-state index in [1.165, 1.54) is 0 Å². The number of amides is 1. The van der Waals surface area contributed by atoms with Crippen LogP contribution >= 0.6 is 23.4 Å². The first-order valence-corrected chi connectivity index (χ1v) is 9.71. The average Bonchev–Trinajstić information content (AvgIpc) is 3.16. The summed E-state index contributed by atoms with van der Waals surface area (Å²) in [7, 11) is 0. The second kappa shape index (κ2) is 9.38. The van der Waals surface area contributed by atoms with Crippen LogP contribution in [0.15, 0.2) is 58.2 Å². The summed E-state index contributed by atoms with van der Waals surface area (Å²) in [5.74, 6) is -0.363. The number of nitrogens with zero attached hydrogens (tertiary/aromatic N) is 2. The smallest absolute Gasteiger partial charge is 0.338 e. The molecule has 0 aliphatic rings. The van der Waals surface area contributed by atoms with Crippen LogP contribution in [0.4, 0.5) is 5.69 Å². The van der Waals surface area contributed by atoms with Gasteiger partial charge in [-0.2, -0.15) is 0 Å². The molecule has 3 aromatic rings. The van der Waals surface area contributed by atoms with Gasteiger partial charge in [-0.3, -0.25) is 4.79 Å². The van der Waals surface area contributed by atoms with Gasteiger partial charge in [-0.05, 0) is 37.3 Å². The van der Waals surface area contributed by atoms with Crippen LogP contribution in [0.1, 0.15) is 17.3 Å². The monoisotopic (exact) mass is 417 g/mol. The van der Waals surface area contributed by atoms with Crippen LogP contribution in [-0.2, 0) is 9.53 Å². The minimum absolute atomic E-state index is 0.0633. The average molecular weight is 418 g/mol. The number of halogens is 1. The standard InChI is InChI=1S/C19H16ClN3O4S/c1-2-26-18(25)12-6-5-7-13(10-12)21-16(24)11-28-19-23-22-17(27-19)14-8-3-4-9-15(14)20/h3-10H,2,11H2,1H3,(H,21,24). The maximum atomic E-state index is 12.2. The zero-order valence-electron chi connectivity index (χ0n) is 14.8. The predicted molar refractivity (Wildman–Crippen MR) is 106 cm³/mol. The lowest BCUT2D eigenvalue weighted by Gasteiger charge is -2.06. The van der Waals surface area contributed by atoms with Gasteiger partial charge in [0.05, 0.1) is 28.5 Å². The maximum Gasteiger partial charge on any atom is 0.338 e. The Morgan fingerprint density at radius 3 is 2.79 bits per heavy atom. The number of aromatic nitrogens is 2. The molecule has 144 valence electrons. The molecule has 0 saturated heterocycles. The lowest BCUT2D eigenvalue weighted by molar-refractivity contribution is -0.113. The molecule has 1 heterocycles. The van der Waals surface area contributed by atoms with E-state index in [-0.39, 0.29) is 29.4 Å². The number of thioether (sulfide) groups is 1. The molecule has 0 aliphatic heterocycles. The molecule has 1 N–H and O–H groups in total. The van der Waals surface area contributed by atoms with Crippen LogP contribution in [0.2, 0.25) is 5.02 Å².